The van der Waals surface area contributed by atoms with Crippen LogP contribution >= 0.6 is 0 Å². The normalized spacial score (nSPS) is 13.6. The second-order valence-electron chi connectivity index (χ2n) is 14.9. The summed E-state index contributed by atoms with van der Waals surface area (Å²) in [7, 11) is 0. The number of rotatable bonds is 22. The largest absolute Gasteiger partial charge is 0.481 e. The molecule has 2 aromatic carbocycles. The van der Waals surface area contributed by atoms with Crippen LogP contribution in [0.4, 0.5) is 8.78 Å². The van der Waals surface area contributed by atoms with E-state index in [1.807, 2.05) is 30.3 Å². The molecule has 0 bridgehead atoms. The second kappa shape index (κ2) is 21.5. The fourth-order valence-electron chi connectivity index (χ4n) is 6.38. The Morgan fingerprint density at radius 1 is 0.915 bits per heavy atom. The summed E-state index contributed by atoms with van der Waals surface area (Å²) in [5, 5.41) is 33.3. The minimum absolute atomic E-state index is 0.0561. The van der Waals surface area contributed by atoms with Crippen molar-refractivity contribution >= 4 is 41.5 Å². The number of hydrogen-bond donors (Lipinski definition) is 8. The predicted molar refractivity (Wildman–Crippen MR) is 209 cm³/mol. The fourth-order valence-corrected chi connectivity index (χ4v) is 6.38. The van der Waals surface area contributed by atoms with Crippen molar-refractivity contribution < 1.29 is 59.1 Å². The summed E-state index contributed by atoms with van der Waals surface area (Å²) < 4.78 is 39.8. The van der Waals surface area contributed by atoms with Gasteiger partial charge in [0.1, 0.15) is 30.3 Å². The Morgan fingerprint density at radius 2 is 1.59 bits per heavy atom. The number of carbonyl (C=O) groups excluding carboxylic acids is 5. The van der Waals surface area contributed by atoms with Gasteiger partial charge in [0.05, 0.1) is 18.5 Å². The van der Waals surface area contributed by atoms with Gasteiger partial charge < -0.3 is 52.2 Å². The van der Waals surface area contributed by atoms with Crippen LogP contribution in [0.3, 0.4) is 0 Å². The molecule has 0 spiro atoms. The van der Waals surface area contributed by atoms with Crippen LogP contribution in [0, 0.1) is 17.0 Å². The summed E-state index contributed by atoms with van der Waals surface area (Å²) in [4.78, 5) is 88.4. The number of carboxylic acid groups (broad SMARTS) is 2. The van der Waals surface area contributed by atoms with E-state index < -0.39 is 128 Å². The molecule has 3 aromatic rings. The molecular weight excluding hydrogens is 776 g/mol. The molecule has 0 saturated carbocycles. The number of nitrogens with two attached hydrogens (primary N) is 2. The van der Waals surface area contributed by atoms with E-state index in [9.17, 15) is 48.2 Å². The highest BCUT2D eigenvalue weighted by Crippen LogP contribution is 2.41. The van der Waals surface area contributed by atoms with Crippen molar-refractivity contribution in [2.45, 2.75) is 83.6 Å². The van der Waals surface area contributed by atoms with Gasteiger partial charge in [0.25, 0.3) is 0 Å². The van der Waals surface area contributed by atoms with Gasteiger partial charge in [-0.15, -0.1) is 0 Å². The standard InChI is InChI=1S/C40H51F2N7O10/c1-40(2,3)36(31-17-24(26-18-25(41)9-10-27(26)42)21-48(31)20-23-7-5-4-6-8-23)49(34(53)22-50)16-14-29(47-37(56)28(43)19-32(44)51)38(57)45-15-13-33(52)46-30(39(58)59)11-12-35(54)55/h4-10,17-18,21,28-30,36,50H,11-16,19-20,22,43H2,1-3H3,(H2,44,51)(H,45,57)(H,46,52)(H,47,56)(H,54,55)(H,58,59)/t28-,29-,30-,36-/m0/s1/i/hD. The Labute approximate surface area is 340 Å². The van der Waals surface area contributed by atoms with Crippen LogP contribution in [0.15, 0.2) is 60.8 Å². The van der Waals surface area contributed by atoms with Gasteiger partial charge in [-0.05, 0) is 48.1 Å². The highest BCUT2D eigenvalue weighted by molar-refractivity contribution is 5.92. The monoisotopic (exact) mass is 828 g/mol. The van der Waals surface area contributed by atoms with Crippen LogP contribution in [0.2, 0.25) is 1.41 Å². The average Bonchev–Trinajstić information content (AvgIpc) is 3.57. The van der Waals surface area contributed by atoms with Gasteiger partial charge in [-0.1, -0.05) is 51.1 Å². The topological polar surface area (TPSA) is 276 Å². The van der Waals surface area contributed by atoms with E-state index in [0.717, 1.165) is 23.8 Å². The van der Waals surface area contributed by atoms with Crippen molar-refractivity contribution in [2.75, 3.05) is 19.7 Å². The number of aromatic nitrogens is 1. The molecule has 4 atom stereocenters. The first kappa shape index (κ1) is 45.5. The number of nitrogens with zero attached hydrogens (tertiary/aromatic N) is 2. The first-order valence-electron chi connectivity index (χ1n) is 19.1. The zero-order chi connectivity index (χ0) is 44.9. The van der Waals surface area contributed by atoms with Crippen molar-refractivity contribution in [2.24, 2.45) is 16.9 Å². The van der Waals surface area contributed by atoms with E-state index in [1.54, 1.807) is 37.6 Å². The molecule has 320 valence electrons. The van der Waals surface area contributed by atoms with Crippen molar-refractivity contribution in [3.8, 4) is 11.1 Å². The zero-order valence-electron chi connectivity index (χ0n) is 33.9. The SMILES string of the molecule is [2H]N(CCC(=O)N[C@@H](CCC(=O)O)C(=O)O)C(=O)[C@H](CCN(C(=O)CO)[C@@H](c1cc(-c2cc(F)ccc2F)cn1Cc1ccccc1)C(C)(C)C)NC(=O)[C@@H](N)CC(N)=O. The van der Waals surface area contributed by atoms with E-state index in [0.29, 0.717) is 11.0 Å². The lowest BCUT2D eigenvalue weighted by Crippen LogP contribution is -2.54. The van der Waals surface area contributed by atoms with Crippen molar-refractivity contribution in [3.63, 3.8) is 0 Å². The number of aliphatic carboxylic acids is 2. The molecule has 19 heteroatoms. The number of carbonyl (C=O) groups is 7. The van der Waals surface area contributed by atoms with Crippen LogP contribution in [0.1, 0.15) is 70.2 Å². The summed E-state index contributed by atoms with van der Waals surface area (Å²) in [6.45, 7) is 3.57. The molecule has 0 aliphatic rings. The van der Waals surface area contributed by atoms with Gasteiger partial charge in [0, 0.05) is 55.5 Å². The average molecular weight is 829 g/mol. The molecule has 1 aromatic heterocycles. The van der Waals surface area contributed by atoms with Gasteiger partial charge in [0.2, 0.25) is 29.5 Å². The Balaban J connectivity index is 2.03. The second-order valence-corrected chi connectivity index (χ2v) is 14.9. The maximum absolute atomic E-state index is 15.2. The van der Waals surface area contributed by atoms with Crippen molar-refractivity contribution in [1.82, 2.24) is 25.4 Å². The molecule has 0 radical (unpaired) electrons. The molecule has 3 rings (SSSR count). The van der Waals surface area contributed by atoms with Crippen LogP contribution in [0.25, 0.3) is 11.1 Å². The van der Waals surface area contributed by atoms with Gasteiger partial charge in [0.15, 0.2) is 1.41 Å². The minimum Gasteiger partial charge on any atom is -0.481 e. The molecule has 5 amide bonds. The molecule has 0 unspecified atom stereocenters. The van der Waals surface area contributed by atoms with Crippen molar-refractivity contribution in [1.29, 1.82) is 0 Å². The summed E-state index contributed by atoms with van der Waals surface area (Å²) in [6.07, 6.45) is -1.03. The number of primary amides is 1. The molecule has 59 heavy (non-hydrogen) atoms. The number of carboxylic acids is 2. The van der Waals surface area contributed by atoms with E-state index in [-0.39, 0.29) is 24.2 Å². The van der Waals surface area contributed by atoms with Gasteiger partial charge >= 0.3 is 11.9 Å². The lowest BCUT2D eigenvalue weighted by Gasteiger charge is -2.41. The number of hydrogen-bond acceptors (Lipinski definition) is 9. The Hall–Kier alpha value is -6.21. The molecule has 1 heterocycles. The third kappa shape index (κ3) is 14.3. The van der Waals surface area contributed by atoms with E-state index in [4.69, 9.17) is 18.0 Å². The van der Waals surface area contributed by atoms with Crippen LogP contribution in [-0.4, -0.2) is 104 Å². The van der Waals surface area contributed by atoms with Crippen molar-refractivity contribution in [3.05, 3.63) is 83.7 Å². The number of benzene rings is 2. The lowest BCUT2D eigenvalue weighted by molar-refractivity contribution is -0.143. The van der Waals surface area contributed by atoms with Crippen LogP contribution < -0.4 is 27.4 Å². The number of halogens is 2. The van der Waals surface area contributed by atoms with Crippen LogP contribution in [-0.2, 0) is 40.1 Å². The molecular formula is C40H51F2N7O10. The molecule has 0 aliphatic carbocycles. The Bertz CT molecular complexity index is 2030. The molecule has 0 saturated heterocycles. The highest BCUT2D eigenvalue weighted by Gasteiger charge is 2.38. The summed E-state index contributed by atoms with van der Waals surface area (Å²) in [5.41, 5.74) is 11.6. The molecule has 10 N–H and O–H groups in total. The Morgan fingerprint density at radius 3 is 2.19 bits per heavy atom. The number of aliphatic hydroxyl groups is 1. The predicted octanol–water partition coefficient (Wildman–Crippen LogP) is 1.41. The molecule has 17 nitrogen and oxygen atoms in total. The van der Waals surface area contributed by atoms with E-state index in [2.05, 4.69) is 10.6 Å². The number of amides is 5. The van der Waals surface area contributed by atoms with Gasteiger partial charge in [-0.2, -0.15) is 0 Å². The van der Waals surface area contributed by atoms with E-state index in [1.165, 1.54) is 4.90 Å². The zero-order valence-corrected chi connectivity index (χ0v) is 32.9. The lowest BCUT2D eigenvalue weighted by atomic mass is 9.82. The summed E-state index contributed by atoms with van der Waals surface area (Å²) >= 11 is 0. The number of aliphatic hydroxyl groups excluding tert-OH is 1. The van der Waals surface area contributed by atoms with Gasteiger partial charge in [-0.25, -0.2) is 13.6 Å². The van der Waals surface area contributed by atoms with E-state index >= 15 is 4.39 Å². The first-order chi connectivity index (χ1) is 28.1. The summed E-state index contributed by atoms with van der Waals surface area (Å²) in [5.74, 6) is -9.00. The molecule has 0 fully saturated rings. The number of nitrogens with one attached hydrogen (secondary N) is 3. The third-order valence-electron chi connectivity index (χ3n) is 9.15. The maximum Gasteiger partial charge on any atom is 0.326 e. The maximum atomic E-state index is 15.2. The Kier molecular flexibility index (Phi) is 16.6. The van der Waals surface area contributed by atoms with Gasteiger partial charge in [-0.3, -0.25) is 28.8 Å². The third-order valence-corrected chi connectivity index (χ3v) is 9.15. The fraction of sp³-hybridized carbons (Fsp3) is 0.425. The van der Waals surface area contributed by atoms with Crippen LogP contribution in [0.5, 0.6) is 0 Å². The quantitative estimate of drug-likeness (QED) is 0.0717. The minimum atomic E-state index is -1.64. The summed E-state index contributed by atoms with van der Waals surface area (Å²) in [6, 6.07) is 8.04. The highest BCUT2D eigenvalue weighted by atomic mass is 19.1. The molecule has 0 aliphatic heterocycles. The first-order valence-corrected chi connectivity index (χ1v) is 18.6. The smallest absolute Gasteiger partial charge is 0.326 e.